The van der Waals surface area contributed by atoms with Crippen molar-refractivity contribution in [2.75, 3.05) is 44.2 Å². The Kier molecular flexibility index (Phi) is 9.24. The van der Waals surface area contributed by atoms with Crippen molar-refractivity contribution in [3.05, 3.63) is 71.1 Å². The summed E-state index contributed by atoms with van der Waals surface area (Å²) in [6.07, 6.45) is 15.1. The molecule has 0 saturated carbocycles. The predicted octanol–water partition coefficient (Wildman–Crippen LogP) is 5.56. The predicted molar refractivity (Wildman–Crippen MR) is 161 cm³/mol. The Morgan fingerprint density at radius 1 is 1.21 bits per heavy atom. The van der Waals surface area contributed by atoms with Gasteiger partial charge in [-0.3, -0.25) is 9.80 Å². The third kappa shape index (κ3) is 6.66. The van der Waals surface area contributed by atoms with Gasteiger partial charge in [0.15, 0.2) is 0 Å². The van der Waals surface area contributed by atoms with Crippen LogP contribution in [-0.2, 0) is 0 Å². The van der Waals surface area contributed by atoms with Gasteiger partial charge in [-0.1, -0.05) is 53.4 Å². The Balaban J connectivity index is 1.14. The van der Waals surface area contributed by atoms with E-state index in [9.17, 15) is 0 Å². The number of likely N-dealkylation sites (tertiary alicyclic amines) is 1. The lowest BCUT2D eigenvalue weighted by Gasteiger charge is -2.47. The molecule has 1 unspecified atom stereocenters. The highest BCUT2D eigenvalue weighted by Crippen LogP contribution is 2.31. The number of halogens is 1. The van der Waals surface area contributed by atoms with Crippen LogP contribution in [0.25, 0.3) is 17.0 Å². The SMILES string of the molecule is C=C/C(=C\C=C(/C)CN1CCC(N2CCN(c3ncc(-c4ncc[nH]4)cc3Cl)CC2CC)CC1)c1csnn1. The van der Waals surface area contributed by atoms with E-state index < -0.39 is 0 Å². The average molecular weight is 565 g/mol. The first kappa shape index (κ1) is 27.7. The number of aromatic amines is 1. The van der Waals surface area contributed by atoms with Crippen LogP contribution in [0.15, 0.2) is 60.4 Å². The van der Waals surface area contributed by atoms with Crippen LogP contribution in [0, 0.1) is 0 Å². The lowest BCUT2D eigenvalue weighted by molar-refractivity contribution is 0.0658. The zero-order chi connectivity index (χ0) is 27.2. The lowest BCUT2D eigenvalue weighted by Crippen LogP contribution is -2.58. The molecule has 3 aromatic rings. The van der Waals surface area contributed by atoms with Crippen molar-refractivity contribution in [1.82, 2.24) is 34.3 Å². The number of piperazine rings is 1. The first-order valence-electron chi connectivity index (χ1n) is 13.7. The summed E-state index contributed by atoms with van der Waals surface area (Å²) in [5, 5.41) is 6.79. The van der Waals surface area contributed by atoms with Gasteiger partial charge in [-0.2, -0.15) is 0 Å². The number of nitrogens with one attached hydrogen (secondary N) is 1. The lowest BCUT2D eigenvalue weighted by atomic mass is 9.98. The molecule has 2 fully saturated rings. The van der Waals surface area contributed by atoms with E-state index in [1.54, 1.807) is 6.20 Å². The fourth-order valence-corrected chi connectivity index (χ4v) is 6.47. The largest absolute Gasteiger partial charge is 0.353 e. The van der Waals surface area contributed by atoms with Gasteiger partial charge < -0.3 is 9.88 Å². The van der Waals surface area contributed by atoms with Gasteiger partial charge in [0.1, 0.15) is 17.3 Å². The normalized spacial score (nSPS) is 20.5. The maximum Gasteiger partial charge on any atom is 0.147 e. The molecule has 1 atom stereocenters. The molecule has 0 amide bonds. The van der Waals surface area contributed by atoms with Crippen molar-refractivity contribution < 1.29 is 0 Å². The van der Waals surface area contributed by atoms with E-state index in [1.165, 1.54) is 29.9 Å². The number of H-pyrrole nitrogens is 1. The molecule has 3 aromatic heterocycles. The van der Waals surface area contributed by atoms with Crippen LogP contribution in [0.4, 0.5) is 5.82 Å². The number of hydrogen-bond acceptors (Lipinski definition) is 8. The third-order valence-corrected chi connectivity index (χ3v) is 8.60. The van der Waals surface area contributed by atoms with Crippen LogP contribution >= 0.6 is 23.1 Å². The highest BCUT2D eigenvalue weighted by Gasteiger charge is 2.34. The van der Waals surface area contributed by atoms with Gasteiger partial charge in [0, 0.05) is 73.4 Å². The van der Waals surface area contributed by atoms with Crippen LogP contribution in [0.5, 0.6) is 0 Å². The molecule has 39 heavy (non-hydrogen) atoms. The molecular formula is C29H37ClN8S. The first-order valence-corrected chi connectivity index (χ1v) is 14.9. The molecule has 2 aliphatic heterocycles. The molecule has 8 nitrogen and oxygen atoms in total. The van der Waals surface area contributed by atoms with E-state index in [1.807, 2.05) is 29.9 Å². The summed E-state index contributed by atoms with van der Waals surface area (Å²) >= 11 is 8.07. The molecule has 2 saturated heterocycles. The zero-order valence-corrected chi connectivity index (χ0v) is 24.3. The van der Waals surface area contributed by atoms with E-state index in [0.29, 0.717) is 17.1 Å². The van der Waals surface area contributed by atoms with E-state index in [4.69, 9.17) is 16.6 Å². The third-order valence-electron chi connectivity index (χ3n) is 7.81. The van der Waals surface area contributed by atoms with Crippen molar-refractivity contribution in [2.45, 2.75) is 45.2 Å². The molecule has 0 aromatic carbocycles. The Hall–Kier alpha value is -2.85. The number of aromatic nitrogens is 5. The van der Waals surface area contributed by atoms with Crippen molar-refractivity contribution in [3.8, 4) is 11.4 Å². The summed E-state index contributed by atoms with van der Waals surface area (Å²) in [6, 6.07) is 3.10. The van der Waals surface area contributed by atoms with Crippen LogP contribution in [0.3, 0.4) is 0 Å². The van der Waals surface area contributed by atoms with Gasteiger partial charge in [-0.15, -0.1) is 5.10 Å². The number of pyridine rings is 1. The number of allylic oxidation sites excluding steroid dienone is 4. The van der Waals surface area contributed by atoms with Crippen molar-refractivity contribution >= 4 is 34.5 Å². The Morgan fingerprint density at radius 3 is 2.72 bits per heavy atom. The van der Waals surface area contributed by atoms with Gasteiger partial charge in [-0.05, 0) is 56.9 Å². The Bertz CT molecular complexity index is 1280. The Morgan fingerprint density at radius 2 is 2.05 bits per heavy atom. The maximum atomic E-state index is 6.70. The van der Waals surface area contributed by atoms with Gasteiger partial charge in [-0.25, -0.2) is 9.97 Å². The van der Waals surface area contributed by atoms with Crippen LogP contribution in [0.2, 0.25) is 5.02 Å². The topological polar surface area (TPSA) is 77.1 Å². The highest BCUT2D eigenvalue weighted by molar-refractivity contribution is 7.03. The zero-order valence-electron chi connectivity index (χ0n) is 22.8. The number of rotatable bonds is 9. The molecule has 2 aliphatic rings. The van der Waals surface area contributed by atoms with Gasteiger partial charge in [0.2, 0.25) is 0 Å². The summed E-state index contributed by atoms with van der Waals surface area (Å²) in [7, 11) is 0. The number of piperidine rings is 1. The summed E-state index contributed by atoms with van der Waals surface area (Å²) in [4.78, 5) is 19.9. The summed E-state index contributed by atoms with van der Waals surface area (Å²) in [5.41, 5.74) is 4.15. The minimum atomic E-state index is 0.502. The standard InChI is InChI=1S/C29H37ClN8S/c1-4-22(27-20-39-35-34-27)7-6-21(3)18-36-12-8-25(9-13-36)38-15-14-37(19-24(38)5-2)29-26(30)16-23(17-33-29)28-31-10-11-32-28/h4,6-7,10-11,16-17,20,24-25H,1,5,8-9,12-15,18-19H2,2-3H3,(H,31,32)/b21-6+,22-7+. The van der Waals surface area contributed by atoms with Crippen molar-refractivity contribution in [2.24, 2.45) is 0 Å². The first-order chi connectivity index (χ1) is 19.1. The smallest absolute Gasteiger partial charge is 0.147 e. The maximum absolute atomic E-state index is 6.70. The molecule has 0 radical (unpaired) electrons. The van der Waals surface area contributed by atoms with Gasteiger partial charge >= 0.3 is 0 Å². The Labute approximate surface area is 240 Å². The molecule has 0 bridgehead atoms. The fraction of sp³-hybridized carbons (Fsp3) is 0.448. The van der Waals surface area contributed by atoms with Gasteiger partial charge in [0.05, 0.1) is 5.02 Å². The van der Waals surface area contributed by atoms with E-state index in [-0.39, 0.29) is 0 Å². The van der Waals surface area contributed by atoms with Crippen LogP contribution in [0.1, 0.15) is 38.8 Å². The molecule has 1 N–H and O–H groups in total. The second kappa shape index (κ2) is 13.0. The quantitative estimate of drug-likeness (QED) is 0.341. The monoisotopic (exact) mass is 564 g/mol. The second-order valence-electron chi connectivity index (χ2n) is 10.3. The number of nitrogens with zero attached hydrogens (tertiary/aromatic N) is 7. The minimum Gasteiger partial charge on any atom is -0.353 e. The molecular weight excluding hydrogens is 528 g/mol. The summed E-state index contributed by atoms with van der Waals surface area (Å²) in [5.74, 6) is 1.66. The number of anilines is 1. The van der Waals surface area contributed by atoms with Crippen LogP contribution in [-0.4, -0.2) is 85.7 Å². The minimum absolute atomic E-state index is 0.502. The fourth-order valence-electron chi connectivity index (χ4n) is 5.72. The number of imidazole rings is 1. The molecule has 5 heterocycles. The van der Waals surface area contributed by atoms with Crippen molar-refractivity contribution in [1.29, 1.82) is 0 Å². The van der Waals surface area contributed by atoms with Crippen molar-refractivity contribution in [3.63, 3.8) is 0 Å². The highest BCUT2D eigenvalue weighted by atomic mass is 35.5. The second-order valence-corrected chi connectivity index (χ2v) is 11.4. The van der Waals surface area contributed by atoms with Crippen LogP contribution < -0.4 is 4.90 Å². The van der Waals surface area contributed by atoms with E-state index in [0.717, 1.165) is 74.2 Å². The average Bonchev–Trinajstić information content (AvgIpc) is 3.69. The molecule has 5 rings (SSSR count). The molecule has 206 valence electrons. The molecule has 10 heteroatoms. The molecule has 0 spiro atoms. The summed E-state index contributed by atoms with van der Waals surface area (Å²) in [6.45, 7) is 14.6. The summed E-state index contributed by atoms with van der Waals surface area (Å²) < 4.78 is 3.96. The van der Waals surface area contributed by atoms with Gasteiger partial charge in [0.25, 0.3) is 0 Å². The van der Waals surface area contributed by atoms with E-state index >= 15 is 0 Å². The molecule has 0 aliphatic carbocycles. The number of hydrogen-bond donors (Lipinski definition) is 1. The van der Waals surface area contributed by atoms with E-state index in [2.05, 4.69) is 66.8 Å².